The van der Waals surface area contributed by atoms with E-state index < -0.39 is 0 Å². The van der Waals surface area contributed by atoms with E-state index in [2.05, 4.69) is 28.7 Å². The Kier molecular flexibility index (Phi) is 3.51. The molecule has 0 amide bonds. The molecule has 2 unspecified atom stereocenters. The second kappa shape index (κ2) is 5.29. The Morgan fingerprint density at radius 2 is 2.21 bits per heavy atom. The Hall–Kier alpha value is -1.42. The van der Waals surface area contributed by atoms with Crippen LogP contribution in [0.25, 0.3) is 10.8 Å². The van der Waals surface area contributed by atoms with Gasteiger partial charge in [-0.3, -0.25) is 4.98 Å². The minimum atomic E-state index is 0.539. The summed E-state index contributed by atoms with van der Waals surface area (Å²) >= 11 is 1.96. The second-order valence-corrected chi connectivity index (χ2v) is 6.16. The van der Waals surface area contributed by atoms with Crippen LogP contribution >= 0.6 is 11.8 Å². The molecule has 1 aromatic heterocycles. The second-order valence-electron chi connectivity index (χ2n) is 5.08. The largest absolute Gasteiger partial charge is 0.397 e. The van der Waals surface area contributed by atoms with Gasteiger partial charge in [0.1, 0.15) is 0 Å². The summed E-state index contributed by atoms with van der Waals surface area (Å²) in [5, 5.41) is 6.52. The van der Waals surface area contributed by atoms with E-state index in [0.29, 0.717) is 11.3 Å². The summed E-state index contributed by atoms with van der Waals surface area (Å²) in [7, 11) is 0. The maximum atomic E-state index is 6.29. The monoisotopic (exact) mass is 273 g/mol. The van der Waals surface area contributed by atoms with Crippen molar-refractivity contribution in [2.75, 3.05) is 17.3 Å². The van der Waals surface area contributed by atoms with Crippen molar-refractivity contribution in [3.63, 3.8) is 0 Å². The number of thioether (sulfide) groups is 1. The predicted octanol–water partition coefficient (Wildman–Crippen LogP) is 3.51. The van der Waals surface area contributed by atoms with Crippen LogP contribution in [0.2, 0.25) is 0 Å². The van der Waals surface area contributed by atoms with E-state index in [1.807, 2.05) is 24.0 Å². The molecule has 2 aromatic rings. The van der Waals surface area contributed by atoms with Crippen molar-refractivity contribution in [1.82, 2.24) is 4.98 Å². The van der Waals surface area contributed by atoms with Crippen LogP contribution in [0.1, 0.15) is 19.3 Å². The van der Waals surface area contributed by atoms with Crippen molar-refractivity contribution in [1.29, 1.82) is 0 Å². The smallest absolute Gasteiger partial charge is 0.0630 e. The number of fused-ring (bicyclic) bond motifs is 1. The summed E-state index contributed by atoms with van der Waals surface area (Å²) in [5.74, 6) is 0. The first kappa shape index (κ1) is 12.6. The number of hydrogen-bond donors (Lipinski definition) is 2. The molecule has 3 rings (SSSR count). The SMILES string of the molecule is CSC1CCCC1Nc1ccc2cnccc2c1N. The molecule has 1 fully saturated rings. The molecule has 0 bridgehead atoms. The molecular weight excluding hydrogens is 254 g/mol. The Labute approximate surface area is 118 Å². The lowest BCUT2D eigenvalue weighted by molar-refractivity contribution is 0.769. The highest BCUT2D eigenvalue weighted by Gasteiger charge is 2.26. The van der Waals surface area contributed by atoms with Crippen molar-refractivity contribution in [3.05, 3.63) is 30.6 Å². The molecule has 3 nitrogen and oxygen atoms in total. The molecule has 0 radical (unpaired) electrons. The van der Waals surface area contributed by atoms with E-state index in [-0.39, 0.29) is 0 Å². The van der Waals surface area contributed by atoms with Crippen molar-refractivity contribution >= 4 is 33.9 Å². The van der Waals surface area contributed by atoms with E-state index in [9.17, 15) is 0 Å². The first-order valence-corrected chi connectivity index (χ1v) is 8.00. The lowest BCUT2D eigenvalue weighted by Crippen LogP contribution is -2.26. The lowest BCUT2D eigenvalue weighted by Gasteiger charge is -2.22. The van der Waals surface area contributed by atoms with E-state index in [0.717, 1.165) is 22.1 Å². The van der Waals surface area contributed by atoms with E-state index in [1.54, 1.807) is 6.20 Å². The van der Waals surface area contributed by atoms with Crippen molar-refractivity contribution in [3.8, 4) is 0 Å². The van der Waals surface area contributed by atoms with Crippen LogP contribution in [-0.2, 0) is 0 Å². The molecule has 2 atom stereocenters. The van der Waals surface area contributed by atoms with Gasteiger partial charge in [0.2, 0.25) is 0 Å². The van der Waals surface area contributed by atoms with Gasteiger partial charge in [-0.2, -0.15) is 11.8 Å². The van der Waals surface area contributed by atoms with Gasteiger partial charge in [-0.1, -0.05) is 12.5 Å². The zero-order chi connectivity index (χ0) is 13.2. The Morgan fingerprint density at radius 1 is 1.32 bits per heavy atom. The molecule has 3 N–H and O–H groups in total. The van der Waals surface area contributed by atoms with Crippen LogP contribution in [0.15, 0.2) is 30.6 Å². The maximum Gasteiger partial charge on any atom is 0.0630 e. The molecule has 0 saturated heterocycles. The Bertz CT molecular complexity index is 585. The molecular formula is C15H19N3S. The zero-order valence-electron chi connectivity index (χ0n) is 11.1. The highest BCUT2D eigenvalue weighted by Crippen LogP contribution is 2.34. The van der Waals surface area contributed by atoms with Gasteiger partial charge in [0.25, 0.3) is 0 Å². The predicted molar refractivity (Wildman–Crippen MR) is 84.7 cm³/mol. The summed E-state index contributed by atoms with van der Waals surface area (Å²) in [6, 6.07) is 6.69. The number of nitrogens with zero attached hydrogens (tertiary/aromatic N) is 1. The van der Waals surface area contributed by atoms with Gasteiger partial charge in [-0.25, -0.2) is 0 Å². The van der Waals surface area contributed by atoms with Gasteiger partial charge in [0.15, 0.2) is 0 Å². The lowest BCUT2D eigenvalue weighted by atomic mass is 10.1. The van der Waals surface area contributed by atoms with Crippen molar-refractivity contribution < 1.29 is 0 Å². The van der Waals surface area contributed by atoms with Gasteiger partial charge >= 0.3 is 0 Å². The van der Waals surface area contributed by atoms with Crippen LogP contribution in [0, 0.1) is 0 Å². The molecule has 4 heteroatoms. The normalized spacial score (nSPS) is 22.8. The number of anilines is 2. The summed E-state index contributed by atoms with van der Waals surface area (Å²) in [5.41, 5.74) is 8.19. The number of rotatable bonds is 3. The third-order valence-electron chi connectivity index (χ3n) is 3.96. The molecule has 100 valence electrons. The van der Waals surface area contributed by atoms with Crippen LogP contribution in [0.4, 0.5) is 11.4 Å². The van der Waals surface area contributed by atoms with Gasteiger partial charge in [-0.05, 0) is 31.2 Å². The fourth-order valence-corrected chi connectivity index (χ4v) is 3.83. The average Bonchev–Trinajstić information content (AvgIpc) is 2.89. The van der Waals surface area contributed by atoms with Crippen molar-refractivity contribution in [2.24, 2.45) is 0 Å². The van der Waals surface area contributed by atoms with Crippen LogP contribution in [-0.4, -0.2) is 22.5 Å². The maximum absolute atomic E-state index is 6.29. The Morgan fingerprint density at radius 3 is 3.05 bits per heavy atom. The third kappa shape index (κ3) is 2.37. The molecule has 1 aliphatic rings. The number of nitrogen functional groups attached to an aromatic ring is 1. The molecule has 19 heavy (non-hydrogen) atoms. The van der Waals surface area contributed by atoms with Gasteiger partial charge < -0.3 is 11.1 Å². The standard InChI is InChI=1S/C15H19N3S/c1-19-14-4-2-3-12(14)18-13-6-5-10-9-17-8-7-11(10)15(13)16/h5-9,12,14,18H,2-4,16H2,1H3. The number of nitrogens with two attached hydrogens (primary N) is 1. The molecule has 1 aromatic carbocycles. The van der Waals surface area contributed by atoms with Gasteiger partial charge in [0, 0.05) is 34.5 Å². The number of benzene rings is 1. The van der Waals surface area contributed by atoms with E-state index >= 15 is 0 Å². The van der Waals surface area contributed by atoms with Crippen LogP contribution in [0.3, 0.4) is 0 Å². The van der Waals surface area contributed by atoms with Crippen LogP contribution < -0.4 is 11.1 Å². The summed E-state index contributed by atoms with van der Waals surface area (Å²) in [4.78, 5) is 4.13. The Balaban J connectivity index is 1.91. The molecule has 0 aliphatic heterocycles. The number of nitrogens with one attached hydrogen (secondary N) is 1. The minimum absolute atomic E-state index is 0.539. The average molecular weight is 273 g/mol. The summed E-state index contributed by atoms with van der Waals surface area (Å²) < 4.78 is 0. The van der Waals surface area contributed by atoms with Gasteiger partial charge in [-0.15, -0.1) is 0 Å². The molecule has 1 heterocycles. The fourth-order valence-electron chi connectivity index (χ4n) is 2.89. The third-order valence-corrected chi connectivity index (χ3v) is 5.13. The number of aromatic nitrogens is 1. The summed E-state index contributed by atoms with van der Waals surface area (Å²) in [6.07, 6.45) is 9.69. The highest BCUT2D eigenvalue weighted by atomic mass is 32.2. The first-order valence-electron chi connectivity index (χ1n) is 6.71. The fraction of sp³-hybridized carbons (Fsp3) is 0.400. The number of pyridine rings is 1. The zero-order valence-corrected chi connectivity index (χ0v) is 11.9. The van der Waals surface area contributed by atoms with Crippen molar-refractivity contribution in [2.45, 2.75) is 30.6 Å². The summed E-state index contributed by atoms with van der Waals surface area (Å²) in [6.45, 7) is 0. The molecule has 1 aliphatic carbocycles. The minimum Gasteiger partial charge on any atom is -0.397 e. The molecule has 0 spiro atoms. The number of hydrogen-bond acceptors (Lipinski definition) is 4. The first-order chi connectivity index (χ1) is 9.29. The topological polar surface area (TPSA) is 50.9 Å². The van der Waals surface area contributed by atoms with Gasteiger partial charge in [0.05, 0.1) is 11.4 Å². The van der Waals surface area contributed by atoms with E-state index in [4.69, 9.17) is 5.73 Å². The molecule has 1 saturated carbocycles. The quantitative estimate of drug-likeness (QED) is 0.840. The highest BCUT2D eigenvalue weighted by molar-refractivity contribution is 7.99. The van der Waals surface area contributed by atoms with E-state index in [1.165, 1.54) is 19.3 Å². The van der Waals surface area contributed by atoms with Crippen LogP contribution in [0.5, 0.6) is 0 Å².